The van der Waals surface area contributed by atoms with E-state index in [4.69, 9.17) is 5.11 Å². The molecular weight excluding hydrogens is 252 g/mol. The Morgan fingerprint density at radius 1 is 1.85 bits per heavy atom. The van der Waals surface area contributed by atoms with Crippen LogP contribution < -0.4 is 0 Å². The van der Waals surface area contributed by atoms with Crippen molar-refractivity contribution in [3.05, 3.63) is 23.0 Å². The number of halogens is 1. The Morgan fingerprint density at radius 3 is 3.00 bits per heavy atom. The van der Waals surface area contributed by atoms with Crippen molar-refractivity contribution in [3.8, 4) is 0 Å². The number of aliphatic hydroxyl groups excluding tert-OH is 1. The first kappa shape index (κ1) is 10.8. The lowest BCUT2D eigenvalue weighted by molar-refractivity contribution is 0.271. The van der Waals surface area contributed by atoms with Gasteiger partial charge in [-0.3, -0.25) is 0 Å². The summed E-state index contributed by atoms with van der Waals surface area (Å²) in [5.74, 6) is 0.787. The van der Waals surface area contributed by atoms with Crippen molar-refractivity contribution in [1.29, 1.82) is 0 Å². The smallest absolute Gasteiger partial charge is 0.168 e. The second-order valence-electron chi connectivity index (χ2n) is 2.56. The van der Waals surface area contributed by atoms with Crippen LogP contribution in [0.3, 0.4) is 0 Å². The van der Waals surface area contributed by atoms with Crippen LogP contribution in [0.1, 0.15) is 5.69 Å². The lowest BCUT2D eigenvalue weighted by Crippen LogP contribution is -1.97. The number of aromatic nitrogens is 2. The van der Waals surface area contributed by atoms with E-state index in [0.717, 1.165) is 21.1 Å². The molecule has 1 heterocycles. The van der Waals surface area contributed by atoms with Gasteiger partial charge in [0.25, 0.3) is 0 Å². The Hall–Kier alpha value is -0.260. The second kappa shape index (κ2) is 4.83. The zero-order valence-electron chi connectivity index (χ0n) is 7.33. The predicted molar refractivity (Wildman–Crippen MR) is 57.9 cm³/mol. The Kier molecular flexibility index (Phi) is 4.02. The third-order valence-corrected chi connectivity index (χ3v) is 3.34. The van der Waals surface area contributed by atoms with Crippen LogP contribution in [0.4, 0.5) is 0 Å². The summed E-state index contributed by atoms with van der Waals surface area (Å²) in [5.41, 5.74) is 0.822. The van der Waals surface area contributed by atoms with E-state index in [-0.39, 0.29) is 6.61 Å². The second-order valence-corrected chi connectivity index (χ2v) is 4.62. The van der Waals surface area contributed by atoms with E-state index < -0.39 is 0 Å². The molecule has 0 unspecified atom stereocenters. The van der Waals surface area contributed by atoms with Gasteiger partial charge in [0.1, 0.15) is 0 Å². The molecule has 5 heteroatoms. The molecule has 1 aromatic rings. The highest BCUT2D eigenvalue weighted by Crippen LogP contribution is 2.21. The molecule has 0 fully saturated rings. The topological polar surface area (TPSA) is 38.1 Å². The number of aliphatic hydroxyl groups is 1. The van der Waals surface area contributed by atoms with Crippen LogP contribution in [-0.4, -0.2) is 20.4 Å². The number of hydrogen-bond acceptors (Lipinski definition) is 3. The van der Waals surface area contributed by atoms with Crippen LogP contribution in [-0.2, 0) is 13.7 Å². The van der Waals surface area contributed by atoms with E-state index in [2.05, 4.69) is 27.5 Å². The maximum absolute atomic E-state index is 8.91. The maximum atomic E-state index is 8.91. The standard InChI is InChI=1S/C8H11BrN2OS/c1-6(9)5-13-8-10-3-7(4-12)11(8)2/h3,12H,1,4-5H2,2H3. The summed E-state index contributed by atoms with van der Waals surface area (Å²) in [4.78, 5) is 4.16. The predicted octanol–water partition coefficient (Wildman–Crippen LogP) is 1.91. The minimum absolute atomic E-state index is 0.0271. The molecule has 13 heavy (non-hydrogen) atoms. The summed E-state index contributed by atoms with van der Waals surface area (Å²) in [6, 6.07) is 0. The van der Waals surface area contributed by atoms with Crippen LogP contribution in [0.2, 0.25) is 0 Å². The van der Waals surface area contributed by atoms with E-state index in [0.29, 0.717) is 0 Å². The quantitative estimate of drug-likeness (QED) is 0.843. The Morgan fingerprint density at radius 2 is 2.54 bits per heavy atom. The molecule has 0 saturated carbocycles. The number of thioether (sulfide) groups is 1. The van der Waals surface area contributed by atoms with Crippen LogP contribution in [0.5, 0.6) is 0 Å². The average Bonchev–Trinajstić information content (AvgIpc) is 2.43. The molecule has 0 amide bonds. The molecule has 1 aromatic heterocycles. The molecule has 0 spiro atoms. The van der Waals surface area contributed by atoms with Gasteiger partial charge in [0.2, 0.25) is 0 Å². The van der Waals surface area contributed by atoms with Crippen molar-refractivity contribution in [2.24, 2.45) is 7.05 Å². The van der Waals surface area contributed by atoms with E-state index in [9.17, 15) is 0 Å². The van der Waals surface area contributed by atoms with Crippen LogP contribution in [0.25, 0.3) is 0 Å². The van der Waals surface area contributed by atoms with Gasteiger partial charge >= 0.3 is 0 Å². The first-order valence-electron chi connectivity index (χ1n) is 3.72. The normalized spacial score (nSPS) is 10.4. The molecular formula is C8H11BrN2OS. The van der Waals surface area contributed by atoms with Crippen molar-refractivity contribution in [2.75, 3.05) is 5.75 Å². The van der Waals surface area contributed by atoms with Gasteiger partial charge in [0, 0.05) is 12.8 Å². The zero-order chi connectivity index (χ0) is 9.84. The minimum atomic E-state index is 0.0271. The number of imidazole rings is 1. The fourth-order valence-electron chi connectivity index (χ4n) is 0.850. The molecule has 0 aliphatic heterocycles. The maximum Gasteiger partial charge on any atom is 0.168 e. The van der Waals surface area contributed by atoms with Crippen LogP contribution in [0, 0.1) is 0 Å². The third kappa shape index (κ3) is 2.86. The van der Waals surface area contributed by atoms with Crippen molar-refractivity contribution < 1.29 is 5.11 Å². The number of nitrogens with zero attached hydrogens (tertiary/aromatic N) is 2. The fraction of sp³-hybridized carbons (Fsp3) is 0.375. The molecule has 3 nitrogen and oxygen atoms in total. The lowest BCUT2D eigenvalue weighted by Gasteiger charge is -2.02. The van der Waals surface area contributed by atoms with E-state index in [1.165, 1.54) is 0 Å². The van der Waals surface area contributed by atoms with Crippen LogP contribution >= 0.6 is 27.7 Å². The molecule has 0 radical (unpaired) electrons. The summed E-state index contributed by atoms with van der Waals surface area (Å²) in [6.45, 7) is 3.76. The molecule has 0 aromatic carbocycles. The molecule has 0 bridgehead atoms. The Labute approximate surface area is 90.0 Å². The van der Waals surface area contributed by atoms with Gasteiger partial charge in [-0.2, -0.15) is 0 Å². The summed E-state index contributed by atoms with van der Waals surface area (Å²) in [7, 11) is 1.89. The highest BCUT2D eigenvalue weighted by atomic mass is 79.9. The highest BCUT2D eigenvalue weighted by molar-refractivity contribution is 9.11. The van der Waals surface area contributed by atoms with E-state index in [1.54, 1.807) is 18.0 Å². The van der Waals surface area contributed by atoms with Crippen molar-refractivity contribution >= 4 is 27.7 Å². The van der Waals surface area contributed by atoms with Gasteiger partial charge in [-0.25, -0.2) is 4.98 Å². The third-order valence-electron chi connectivity index (χ3n) is 1.56. The zero-order valence-corrected chi connectivity index (χ0v) is 9.73. The van der Waals surface area contributed by atoms with Gasteiger partial charge < -0.3 is 9.67 Å². The van der Waals surface area contributed by atoms with Crippen molar-refractivity contribution in [3.63, 3.8) is 0 Å². The van der Waals surface area contributed by atoms with Gasteiger partial charge in [-0.1, -0.05) is 34.3 Å². The van der Waals surface area contributed by atoms with Gasteiger partial charge in [0.05, 0.1) is 18.5 Å². The first-order valence-corrected chi connectivity index (χ1v) is 5.50. The summed E-state index contributed by atoms with van der Waals surface area (Å²) < 4.78 is 2.81. The molecule has 1 N–H and O–H groups in total. The first-order chi connectivity index (χ1) is 6.15. The average molecular weight is 263 g/mol. The number of hydrogen-bond donors (Lipinski definition) is 1. The molecule has 0 atom stereocenters. The van der Waals surface area contributed by atoms with Gasteiger partial charge in [-0.15, -0.1) is 0 Å². The van der Waals surface area contributed by atoms with Crippen molar-refractivity contribution in [2.45, 2.75) is 11.8 Å². The summed E-state index contributed by atoms with van der Waals surface area (Å²) in [5, 5.41) is 9.81. The molecule has 72 valence electrons. The largest absolute Gasteiger partial charge is 0.390 e. The summed E-state index contributed by atoms with van der Waals surface area (Å²) >= 11 is 4.86. The Bertz CT molecular complexity index is 311. The van der Waals surface area contributed by atoms with Gasteiger partial charge in [0.15, 0.2) is 5.16 Å². The highest BCUT2D eigenvalue weighted by Gasteiger charge is 2.05. The Balaban J connectivity index is 2.67. The summed E-state index contributed by atoms with van der Waals surface area (Å²) in [6.07, 6.45) is 1.68. The molecule has 1 rings (SSSR count). The van der Waals surface area contributed by atoms with Gasteiger partial charge in [-0.05, 0) is 4.48 Å². The molecule has 0 aliphatic rings. The fourth-order valence-corrected chi connectivity index (χ4v) is 1.92. The minimum Gasteiger partial charge on any atom is -0.390 e. The van der Waals surface area contributed by atoms with E-state index >= 15 is 0 Å². The van der Waals surface area contributed by atoms with Crippen molar-refractivity contribution in [1.82, 2.24) is 9.55 Å². The molecule has 0 aliphatic carbocycles. The number of rotatable bonds is 4. The van der Waals surface area contributed by atoms with E-state index in [1.807, 2.05) is 11.6 Å². The lowest BCUT2D eigenvalue weighted by atomic mass is 10.5. The van der Waals surface area contributed by atoms with Crippen LogP contribution in [0.15, 0.2) is 22.4 Å². The SMILES string of the molecule is C=C(Br)CSc1ncc(CO)n1C. The molecule has 0 saturated heterocycles. The monoisotopic (exact) mass is 262 g/mol.